The molecular formula is C20H32IN5O. The van der Waals surface area contributed by atoms with Crippen molar-refractivity contribution in [2.24, 2.45) is 4.99 Å². The van der Waals surface area contributed by atoms with Crippen molar-refractivity contribution >= 4 is 41.5 Å². The predicted molar refractivity (Wildman–Crippen MR) is 122 cm³/mol. The molecule has 2 aliphatic rings. The summed E-state index contributed by atoms with van der Waals surface area (Å²) in [6, 6.07) is 8.79. The Kier molecular flexibility index (Phi) is 8.82. The van der Waals surface area contributed by atoms with E-state index in [1.807, 2.05) is 17.0 Å². The van der Waals surface area contributed by atoms with Gasteiger partial charge >= 0.3 is 0 Å². The van der Waals surface area contributed by atoms with E-state index in [0.29, 0.717) is 19.0 Å². The van der Waals surface area contributed by atoms with E-state index in [2.05, 4.69) is 41.6 Å². The standard InChI is InChI=1S/C20H31N5O.HI/c1-3-21-20(23-15-18-6-4-12-24(18)2)22-14-16-8-10-17(11-9-16)25-13-5-7-19(25)26;/h8-11,18H,3-7,12-15H2,1-2H3,(H2,21,22,23);1H. The maximum Gasteiger partial charge on any atom is 0.227 e. The first-order chi connectivity index (χ1) is 12.7. The number of rotatable bonds is 6. The number of carbonyl (C=O) groups is 1. The van der Waals surface area contributed by atoms with Crippen molar-refractivity contribution in [2.45, 2.75) is 45.2 Å². The summed E-state index contributed by atoms with van der Waals surface area (Å²) in [7, 11) is 2.19. The van der Waals surface area contributed by atoms with Crippen LogP contribution in [0.25, 0.3) is 0 Å². The van der Waals surface area contributed by atoms with Gasteiger partial charge < -0.3 is 20.4 Å². The molecule has 1 aromatic rings. The molecule has 1 amide bonds. The van der Waals surface area contributed by atoms with E-state index in [-0.39, 0.29) is 29.9 Å². The maximum atomic E-state index is 11.8. The zero-order valence-electron chi connectivity index (χ0n) is 16.4. The topological polar surface area (TPSA) is 60.0 Å². The summed E-state index contributed by atoms with van der Waals surface area (Å²) in [5.41, 5.74) is 2.14. The molecule has 7 heteroatoms. The number of guanidine groups is 1. The van der Waals surface area contributed by atoms with Crippen molar-refractivity contribution in [3.8, 4) is 0 Å². The van der Waals surface area contributed by atoms with E-state index in [1.165, 1.54) is 19.4 Å². The Morgan fingerprint density at radius 2 is 1.96 bits per heavy atom. The van der Waals surface area contributed by atoms with Crippen LogP contribution in [-0.2, 0) is 11.3 Å². The minimum Gasteiger partial charge on any atom is -0.357 e. The molecule has 150 valence electrons. The van der Waals surface area contributed by atoms with E-state index in [9.17, 15) is 4.79 Å². The lowest BCUT2D eigenvalue weighted by Crippen LogP contribution is -2.44. The fourth-order valence-electron chi connectivity index (χ4n) is 3.67. The molecule has 0 spiro atoms. The van der Waals surface area contributed by atoms with Gasteiger partial charge in [-0.25, -0.2) is 4.99 Å². The zero-order chi connectivity index (χ0) is 18.4. The Balaban J connectivity index is 0.00000261. The first-order valence-electron chi connectivity index (χ1n) is 9.79. The third-order valence-electron chi connectivity index (χ3n) is 5.26. The van der Waals surface area contributed by atoms with Crippen molar-refractivity contribution in [1.82, 2.24) is 15.5 Å². The van der Waals surface area contributed by atoms with Crippen LogP contribution in [0.3, 0.4) is 0 Å². The minimum atomic E-state index is 0. The number of nitrogens with zero attached hydrogens (tertiary/aromatic N) is 3. The Morgan fingerprint density at radius 1 is 1.19 bits per heavy atom. The largest absolute Gasteiger partial charge is 0.357 e. The average molecular weight is 485 g/mol. The lowest BCUT2D eigenvalue weighted by atomic mass is 10.2. The van der Waals surface area contributed by atoms with E-state index >= 15 is 0 Å². The number of benzene rings is 1. The summed E-state index contributed by atoms with van der Waals surface area (Å²) in [6.07, 6.45) is 4.15. The number of likely N-dealkylation sites (N-methyl/N-ethyl adjacent to an activating group) is 1. The number of aliphatic imine (C=N–C) groups is 1. The normalized spacial score (nSPS) is 20.7. The van der Waals surface area contributed by atoms with Crippen LogP contribution >= 0.6 is 24.0 Å². The maximum absolute atomic E-state index is 11.8. The fraction of sp³-hybridized carbons (Fsp3) is 0.600. The molecule has 0 radical (unpaired) electrons. The van der Waals surface area contributed by atoms with Gasteiger partial charge in [0.1, 0.15) is 0 Å². The van der Waals surface area contributed by atoms with Gasteiger partial charge in [-0.2, -0.15) is 0 Å². The number of amides is 1. The van der Waals surface area contributed by atoms with Gasteiger partial charge in [0.2, 0.25) is 5.91 Å². The molecule has 2 N–H and O–H groups in total. The van der Waals surface area contributed by atoms with Crippen LogP contribution in [0.2, 0.25) is 0 Å². The molecule has 2 saturated heterocycles. The van der Waals surface area contributed by atoms with Crippen LogP contribution < -0.4 is 15.5 Å². The number of nitrogens with one attached hydrogen (secondary N) is 2. The molecule has 6 nitrogen and oxygen atoms in total. The van der Waals surface area contributed by atoms with Gasteiger partial charge in [-0.3, -0.25) is 4.79 Å². The van der Waals surface area contributed by atoms with Crippen molar-refractivity contribution in [3.63, 3.8) is 0 Å². The number of anilines is 1. The van der Waals surface area contributed by atoms with Gasteiger partial charge in [0.15, 0.2) is 5.96 Å². The van der Waals surface area contributed by atoms with Crippen LogP contribution in [-0.4, -0.2) is 56.0 Å². The Morgan fingerprint density at radius 3 is 2.56 bits per heavy atom. The average Bonchev–Trinajstić information content (AvgIpc) is 3.26. The zero-order valence-corrected chi connectivity index (χ0v) is 18.7. The summed E-state index contributed by atoms with van der Waals surface area (Å²) in [5, 5.41) is 6.79. The van der Waals surface area contributed by atoms with Gasteiger partial charge in [0.25, 0.3) is 0 Å². The van der Waals surface area contributed by atoms with Gasteiger partial charge in [0.05, 0.1) is 6.54 Å². The molecule has 0 saturated carbocycles. The molecule has 27 heavy (non-hydrogen) atoms. The van der Waals surface area contributed by atoms with Crippen LogP contribution in [0.15, 0.2) is 29.3 Å². The highest BCUT2D eigenvalue weighted by Crippen LogP contribution is 2.21. The van der Waals surface area contributed by atoms with Gasteiger partial charge in [0, 0.05) is 37.8 Å². The smallest absolute Gasteiger partial charge is 0.227 e. The second kappa shape index (κ2) is 10.8. The summed E-state index contributed by atoms with van der Waals surface area (Å²) in [4.78, 5) is 20.8. The van der Waals surface area contributed by atoms with Crippen LogP contribution in [0.1, 0.15) is 38.2 Å². The van der Waals surface area contributed by atoms with E-state index in [4.69, 9.17) is 4.99 Å². The lowest BCUT2D eigenvalue weighted by molar-refractivity contribution is -0.117. The van der Waals surface area contributed by atoms with E-state index in [1.54, 1.807) is 0 Å². The minimum absolute atomic E-state index is 0. The third-order valence-corrected chi connectivity index (χ3v) is 5.26. The molecule has 3 rings (SSSR count). The second-order valence-corrected chi connectivity index (χ2v) is 7.17. The molecule has 0 aliphatic carbocycles. The Hall–Kier alpha value is -1.35. The molecule has 1 atom stereocenters. The predicted octanol–water partition coefficient (Wildman–Crippen LogP) is 2.58. The van der Waals surface area contributed by atoms with Gasteiger partial charge in [-0.15, -0.1) is 24.0 Å². The Bertz CT molecular complexity index is 634. The van der Waals surface area contributed by atoms with E-state index < -0.39 is 0 Å². The summed E-state index contributed by atoms with van der Waals surface area (Å²) in [6.45, 7) is 6.51. The number of hydrogen-bond acceptors (Lipinski definition) is 3. The first kappa shape index (κ1) is 21.9. The van der Waals surface area contributed by atoms with E-state index in [0.717, 1.165) is 43.3 Å². The highest BCUT2D eigenvalue weighted by atomic mass is 127. The van der Waals surface area contributed by atoms with Crippen LogP contribution in [0.4, 0.5) is 5.69 Å². The lowest BCUT2D eigenvalue weighted by Gasteiger charge is -2.21. The number of carbonyl (C=O) groups excluding carboxylic acids is 1. The number of halogens is 1. The van der Waals surface area contributed by atoms with Crippen LogP contribution in [0, 0.1) is 0 Å². The van der Waals surface area contributed by atoms with Crippen molar-refractivity contribution < 1.29 is 4.79 Å². The molecule has 2 fully saturated rings. The molecule has 1 unspecified atom stereocenters. The quantitative estimate of drug-likeness (QED) is 0.370. The molecular weight excluding hydrogens is 453 g/mol. The summed E-state index contributed by atoms with van der Waals surface area (Å²) >= 11 is 0. The molecule has 0 aromatic heterocycles. The SMILES string of the molecule is CCNC(=NCc1ccc(N2CCCC2=O)cc1)NCC1CCCN1C.I. The summed E-state index contributed by atoms with van der Waals surface area (Å²) in [5.74, 6) is 1.10. The highest BCUT2D eigenvalue weighted by molar-refractivity contribution is 14.0. The second-order valence-electron chi connectivity index (χ2n) is 7.17. The van der Waals surface area contributed by atoms with Crippen molar-refractivity contribution in [3.05, 3.63) is 29.8 Å². The van der Waals surface area contributed by atoms with Crippen molar-refractivity contribution in [2.75, 3.05) is 38.1 Å². The number of likely N-dealkylation sites (tertiary alicyclic amines) is 1. The molecule has 2 aliphatic heterocycles. The fourth-order valence-corrected chi connectivity index (χ4v) is 3.67. The first-order valence-corrected chi connectivity index (χ1v) is 9.79. The summed E-state index contributed by atoms with van der Waals surface area (Å²) < 4.78 is 0. The van der Waals surface area contributed by atoms with Gasteiger partial charge in [-0.05, 0) is 57.5 Å². The van der Waals surface area contributed by atoms with Gasteiger partial charge in [-0.1, -0.05) is 12.1 Å². The number of hydrogen-bond donors (Lipinski definition) is 2. The monoisotopic (exact) mass is 485 g/mol. The molecule has 1 aromatic carbocycles. The van der Waals surface area contributed by atoms with Crippen LogP contribution in [0.5, 0.6) is 0 Å². The molecule has 0 bridgehead atoms. The Labute approximate surface area is 179 Å². The molecule has 2 heterocycles. The third kappa shape index (κ3) is 6.07. The van der Waals surface area contributed by atoms with Crippen molar-refractivity contribution in [1.29, 1.82) is 0 Å². The highest BCUT2D eigenvalue weighted by Gasteiger charge is 2.22.